The van der Waals surface area contributed by atoms with Crippen LogP contribution in [0.4, 0.5) is 0 Å². The molecule has 0 aromatic heterocycles. The Hall–Kier alpha value is 0.920. The first kappa shape index (κ1) is 10.9. The fourth-order valence-electron chi connectivity index (χ4n) is 0.846. The molecule has 0 saturated carbocycles. The highest BCUT2D eigenvalue weighted by Gasteiger charge is 2.09. The highest BCUT2D eigenvalue weighted by Crippen LogP contribution is 2.14. The van der Waals surface area contributed by atoms with Crippen LogP contribution in [0.5, 0.6) is 0 Å². The van der Waals surface area contributed by atoms with Crippen molar-refractivity contribution >= 4 is 31.9 Å². The molecule has 1 N–H and O–H groups in total. The highest BCUT2D eigenvalue weighted by molar-refractivity contribution is 9.09. The normalized spacial score (nSPS) is 20.1. The number of alkyl halides is 2. The van der Waals surface area contributed by atoms with Crippen LogP contribution in [0.1, 0.15) is 26.7 Å². The topological polar surface area (TPSA) is 20.2 Å². The monoisotopic (exact) mass is 272 g/mol. The molecule has 0 aliphatic heterocycles. The maximum absolute atomic E-state index is 9.33. The van der Waals surface area contributed by atoms with Gasteiger partial charge in [0.2, 0.25) is 0 Å². The van der Waals surface area contributed by atoms with Gasteiger partial charge in [0.1, 0.15) is 0 Å². The second-order valence-corrected chi connectivity index (χ2v) is 5.81. The van der Waals surface area contributed by atoms with E-state index in [0.29, 0.717) is 9.65 Å². The fraction of sp³-hybridized carbons (Fsp3) is 1.00. The van der Waals surface area contributed by atoms with Gasteiger partial charge in [-0.1, -0.05) is 45.7 Å². The molecule has 2 unspecified atom stereocenters. The van der Waals surface area contributed by atoms with Crippen molar-refractivity contribution < 1.29 is 5.11 Å². The summed E-state index contributed by atoms with van der Waals surface area (Å²) in [5.74, 6) is 0. The minimum Gasteiger partial charge on any atom is -0.393 e. The zero-order valence-corrected chi connectivity index (χ0v) is 9.52. The minimum atomic E-state index is -0.177. The lowest BCUT2D eigenvalue weighted by Crippen LogP contribution is -2.14. The lowest BCUT2D eigenvalue weighted by molar-refractivity contribution is 0.157. The molecule has 0 radical (unpaired) electrons. The predicted octanol–water partition coefficient (Wildman–Crippen LogP) is 2.69. The summed E-state index contributed by atoms with van der Waals surface area (Å²) in [6, 6.07) is 0. The first-order valence-electron chi connectivity index (χ1n) is 3.48. The van der Waals surface area contributed by atoms with Crippen LogP contribution in [-0.2, 0) is 0 Å². The average Bonchev–Trinajstić information content (AvgIpc) is 1.58. The molecule has 3 heteroatoms. The van der Waals surface area contributed by atoms with Gasteiger partial charge in [0.15, 0.2) is 0 Å². The predicted molar refractivity (Wildman–Crippen MR) is 52.0 cm³/mol. The van der Waals surface area contributed by atoms with Crippen molar-refractivity contribution in [1.82, 2.24) is 0 Å². The third-order valence-electron chi connectivity index (χ3n) is 1.19. The lowest BCUT2D eigenvalue weighted by atomic mass is 10.1. The van der Waals surface area contributed by atoms with Crippen LogP contribution in [0.25, 0.3) is 0 Å². The molecule has 0 saturated heterocycles. The van der Waals surface area contributed by atoms with E-state index in [0.717, 1.165) is 12.8 Å². The van der Waals surface area contributed by atoms with Crippen LogP contribution in [0.15, 0.2) is 0 Å². The molecule has 2 atom stereocenters. The number of hydrogen-bond acceptors (Lipinski definition) is 1. The molecule has 0 aromatic carbocycles. The lowest BCUT2D eigenvalue weighted by Gasteiger charge is -2.12. The van der Waals surface area contributed by atoms with Crippen LogP contribution >= 0.6 is 31.9 Å². The van der Waals surface area contributed by atoms with Crippen LogP contribution in [0.3, 0.4) is 0 Å². The van der Waals surface area contributed by atoms with E-state index >= 15 is 0 Å². The highest BCUT2D eigenvalue weighted by atomic mass is 79.9. The van der Waals surface area contributed by atoms with E-state index in [1.807, 2.05) is 13.8 Å². The molecule has 62 valence electrons. The number of halogens is 2. The summed E-state index contributed by atoms with van der Waals surface area (Å²) >= 11 is 6.78. The van der Waals surface area contributed by atoms with Crippen molar-refractivity contribution in [3.63, 3.8) is 0 Å². The molecule has 0 heterocycles. The number of aliphatic hydroxyl groups is 1. The van der Waals surface area contributed by atoms with Gasteiger partial charge in [-0.05, 0) is 12.8 Å². The summed E-state index contributed by atoms with van der Waals surface area (Å²) in [7, 11) is 0. The van der Waals surface area contributed by atoms with Crippen molar-refractivity contribution in [1.29, 1.82) is 0 Å². The Kier molecular flexibility index (Phi) is 6.07. The van der Waals surface area contributed by atoms with Gasteiger partial charge >= 0.3 is 0 Å². The number of hydrogen-bond donors (Lipinski definition) is 1. The van der Waals surface area contributed by atoms with E-state index in [1.54, 1.807) is 0 Å². The minimum absolute atomic E-state index is 0.177. The van der Waals surface area contributed by atoms with Crippen molar-refractivity contribution in [2.45, 2.75) is 42.4 Å². The first-order chi connectivity index (χ1) is 4.52. The Bertz CT molecular complexity index is 73.7. The summed E-state index contributed by atoms with van der Waals surface area (Å²) in [5.41, 5.74) is 0. The molecule has 1 nitrogen and oxygen atoms in total. The second-order valence-electron chi connectivity index (χ2n) is 2.69. The Labute approximate surface area is 79.5 Å². The Balaban J connectivity index is 3.34. The van der Waals surface area contributed by atoms with Crippen molar-refractivity contribution in [2.75, 3.05) is 0 Å². The van der Waals surface area contributed by atoms with E-state index in [2.05, 4.69) is 31.9 Å². The van der Waals surface area contributed by atoms with Gasteiger partial charge in [0.05, 0.1) is 6.10 Å². The molecule has 0 aliphatic carbocycles. The Morgan fingerprint density at radius 3 is 1.60 bits per heavy atom. The van der Waals surface area contributed by atoms with Gasteiger partial charge in [-0.25, -0.2) is 0 Å². The van der Waals surface area contributed by atoms with Gasteiger partial charge in [0.25, 0.3) is 0 Å². The van der Waals surface area contributed by atoms with E-state index < -0.39 is 0 Å². The van der Waals surface area contributed by atoms with Gasteiger partial charge in [-0.2, -0.15) is 0 Å². The van der Waals surface area contributed by atoms with E-state index in [9.17, 15) is 5.11 Å². The van der Waals surface area contributed by atoms with E-state index in [4.69, 9.17) is 0 Å². The van der Waals surface area contributed by atoms with Gasteiger partial charge < -0.3 is 5.11 Å². The summed E-state index contributed by atoms with van der Waals surface area (Å²) in [6.07, 6.45) is 1.48. The molecule has 10 heavy (non-hydrogen) atoms. The van der Waals surface area contributed by atoms with Gasteiger partial charge in [-0.3, -0.25) is 0 Å². The molecule has 0 aliphatic rings. The fourth-order valence-corrected chi connectivity index (χ4v) is 1.71. The second kappa shape index (κ2) is 5.56. The third kappa shape index (κ3) is 7.03. The van der Waals surface area contributed by atoms with Crippen molar-refractivity contribution in [3.05, 3.63) is 0 Å². The van der Waals surface area contributed by atoms with Crippen LogP contribution in [0, 0.1) is 0 Å². The molecule has 0 spiro atoms. The maximum Gasteiger partial charge on any atom is 0.0561 e. The van der Waals surface area contributed by atoms with Crippen molar-refractivity contribution in [2.24, 2.45) is 0 Å². The van der Waals surface area contributed by atoms with Crippen LogP contribution in [0.2, 0.25) is 0 Å². The third-order valence-corrected chi connectivity index (χ3v) is 1.94. The van der Waals surface area contributed by atoms with Crippen LogP contribution in [-0.4, -0.2) is 20.9 Å². The molecular formula is C7H14Br2O. The number of aliphatic hydroxyl groups excluding tert-OH is 1. The largest absolute Gasteiger partial charge is 0.393 e. The zero-order valence-electron chi connectivity index (χ0n) is 6.35. The Morgan fingerprint density at radius 2 is 1.40 bits per heavy atom. The van der Waals surface area contributed by atoms with Gasteiger partial charge in [0, 0.05) is 9.65 Å². The van der Waals surface area contributed by atoms with Crippen molar-refractivity contribution in [3.8, 4) is 0 Å². The molecule has 0 fully saturated rings. The smallest absolute Gasteiger partial charge is 0.0561 e. The summed E-state index contributed by atoms with van der Waals surface area (Å²) in [5, 5.41) is 9.33. The summed E-state index contributed by atoms with van der Waals surface area (Å²) in [6.45, 7) is 4.09. The zero-order chi connectivity index (χ0) is 8.15. The van der Waals surface area contributed by atoms with E-state index in [-0.39, 0.29) is 6.10 Å². The first-order valence-corrected chi connectivity index (χ1v) is 5.31. The van der Waals surface area contributed by atoms with E-state index in [1.165, 1.54) is 0 Å². The van der Waals surface area contributed by atoms with Crippen LogP contribution < -0.4 is 0 Å². The molecule has 0 amide bonds. The molecule has 0 aromatic rings. The number of rotatable bonds is 4. The molecule has 0 bridgehead atoms. The molecular weight excluding hydrogens is 260 g/mol. The molecule has 0 rings (SSSR count). The summed E-state index contributed by atoms with van der Waals surface area (Å²) < 4.78 is 0. The van der Waals surface area contributed by atoms with Gasteiger partial charge in [-0.15, -0.1) is 0 Å². The standard InChI is InChI=1S/C7H14Br2O/c1-5(8)3-7(10)4-6(2)9/h5-7,10H,3-4H2,1-2H3. The average molecular weight is 274 g/mol. The summed E-state index contributed by atoms with van der Waals surface area (Å²) in [4.78, 5) is 0.822. The SMILES string of the molecule is CC(Br)CC(O)CC(C)Br. The maximum atomic E-state index is 9.33. The Morgan fingerprint density at radius 1 is 1.10 bits per heavy atom. The quantitative estimate of drug-likeness (QED) is 0.781.